The van der Waals surface area contributed by atoms with Crippen molar-refractivity contribution in [3.05, 3.63) is 37.0 Å². The zero-order valence-electron chi connectivity index (χ0n) is 15.5. The Balaban J connectivity index is -0.0000000324. The van der Waals surface area contributed by atoms with E-state index in [9.17, 15) is 0 Å². The van der Waals surface area contributed by atoms with E-state index in [-0.39, 0.29) is 6.61 Å². The Labute approximate surface area is 125 Å². The van der Waals surface area contributed by atoms with Crippen molar-refractivity contribution in [1.82, 2.24) is 0 Å². The smallest absolute Gasteiger partial charge is 0.0471 e. The van der Waals surface area contributed by atoms with E-state index in [1.807, 2.05) is 75.3 Å². The zero-order valence-corrected chi connectivity index (χ0v) is 15.5. The molecular formula is C18H42O. The minimum Gasteiger partial charge on any atom is -0.396 e. The predicted octanol–water partition coefficient (Wildman–Crippen LogP) is 6.80. The molecule has 0 aromatic carbocycles. The summed E-state index contributed by atoms with van der Waals surface area (Å²) in [6.45, 7) is 27.0. The number of aliphatic hydroxyl groups excluding tert-OH is 1. The second-order valence-corrected chi connectivity index (χ2v) is 1.95. The molecule has 0 rings (SSSR count). The minimum absolute atomic E-state index is 0.214. The van der Waals surface area contributed by atoms with Gasteiger partial charge in [-0.3, -0.25) is 0 Å². The van der Waals surface area contributed by atoms with Gasteiger partial charge in [-0.05, 0) is 20.3 Å². The van der Waals surface area contributed by atoms with Crippen LogP contribution in [0.5, 0.6) is 0 Å². The average molecular weight is 275 g/mol. The molecule has 0 saturated carbocycles. The molecule has 0 aliphatic rings. The molecule has 120 valence electrons. The molecule has 0 fully saturated rings. The summed E-state index contributed by atoms with van der Waals surface area (Å²) in [7, 11) is 0. The van der Waals surface area contributed by atoms with Gasteiger partial charge in [-0.1, -0.05) is 85.8 Å². The lowest BCUT2D eigenvalue weighted by atomic mass is 10.2. The number of rotatable bonds is 3. The molecule has 0 aliphatic heterocycles. The van der Waals surface area contributed by atoms with E-state index in [1.165, 1.54) is 0 Å². The molecule has 0 unspecified atom stereocenters. The first-order valence-electron chi connectivity index (χ1n) is 7.72. The highest BCUT2D eigenvalue weighted by molar-refractivity contribution is 5.14. The molecule has 1 nitrogen and oxygen atoms in total. The Hall–Kier alpha value is -0.820. The lowest BCUT2D eigenvalue weighted by Crippen LogP contribution is -1.82. The van der Waals surface area contributed by atoms with Crippen molar-refractivity contribution in [2.24, 2.45) is 0 Å². The lowest BCUT2D eigenvalue weighted by molar-refractivity contribution is 0.300. The van der Waals surface area contributed by atoms with Crippen molar-refractivity contribution >= 4 is 0 Å². The number of hydrogen-bond acceptors (Lipinski definition) is 1. The third-order valence-electron chi connectivity index (χ3n) is 1.03. The molecule has 0 aromatic heterocycles. The summed E-state index contributed by atoms with van der Waals surface area (Å²) in [6, 6.07) is 0. The second-order valence-electron chi connectivity index (χ2n) is 1.95. The quantitative estimate of drug-likeness (QED) is 0.443. The Bertz CT molecular complexity index is 124. The zero-order chi connectivity index (χ0) is 17.1. The molecule has 0 heterocycles. The first kappa shape index (κ1) is 36.2. The van der Waals surface area contributed by atoms with Crippen LogP contribution in [0.3, 0.4) is 0 Å². The van der Waals surface area contributed by atoms with Crippen molar-refractivity contribution in [2.45, 2.75) is 75.7 Å². The fraction of sp³-hybridized carbons (Fsp3) is 0.667. The normalized spacial score (nSPS) is 6.79. The molecule has 0 saturated heterocycles. The first-order valence-corrected chi connectivity index (χ1v) is 7.72. The van der Waals surface area contributed by atoms with Crippen LogP contribution in [-0.2, 0) is 0 Å². The summed E-state index contributed by atoms with van der Waals surface area (Å²) in [5.74, 6) is 0. The van der Waals surface area contributed by atoms with E-state index in [1.54, 1.807) is 12.2 Å². The molecule has 0 aliphatic carbocycles. The van der Waals surface area contributed by atoms with E-state index in [2.05, 4.69) is 13.2 Å². The summed E-state index contributed by atoms with van der Waals surface area (Å²) < 4.78 is 0. The monoisotopic (exact) mass is 274 g/mol. The van der Waals surface area contributed by atoms with Crippen LogP contribution < -0.4 is 0 Å². The molecule has 0 spiro atoms. The summed E-state index contributed by atoms with van der Waals surface area (Å²) in [4.78, 5) is 0. The van der Waals surface area contributed by atoms with Crippen LogP contribution in [0.15, 0.2) is 37.0 Å². The van der Waals surface area contributed by atoms with Crippen LogP contribution in [0, 0.1) is 0 Å². The standard InChI is InChI=1S/C7H12O.C3H6.4C2H6/c1-3-7(4-2)5-6-8;1-3-2;4*1-2/h3-4,8H,1,5-6H2,2H3;3H,1H2,2H3;4*1-2H3/b7-4+;;;;;. The van der Waals surface area contributed by atoms with Crippen LogP contribution in [0.4, 0.5) is 0 Å². The van der Waals surface area contributed by atoms with Gasteiger partial charge < -0.3 is 5.11 Å². The Morgan fingerprint density at radius 2 is 1.11 bits per heavy atom. The summed E-state index contributed by atoms with van der Waals surface area (Å²) in [5.41, 5.74) is 1.10. The van der Waals surface area contributed by atoms with Gasteiger partial charge in [0.1, 0.15) is 0 Å². The second kappa shape index (κ2) is 87.2. The van der Waals surface area contributed by atoms with E-state index in [0.717, 1.165) is 12.0 Å². The topological polar surface area (TPSA) is 20.2 Å². The van der Waals surface area contributed by atoms with E-state index in [0.29, 0.717) is 0 Å². The van der Waals surface area contributed by atoms with E-state index < -0.39 is 0 Å². The van der Waals surface area contributed by atoms with Gasteiger partial charge in [0.15, 0.2) is 0 Å². The largest absolute Gasteiger partial charge is 0.396 e. The minimum atomic E-state index is 0.214. The van der Waals surface area contributed by atoms with Gasteiger partial charge in [-0.2, -0.15) is 0 Å². The number of allylic oxidation sites excluding steroid dienone is 3. The molecule has 0 amide bonds. The van der Waals surface area contributed by atoms with Gasteiger partial charge in [0, 0.05) is 6.61 Å². The molecule has 0 bridgehead atoms. The molecule has 19 heavy (non-hydrogen) atoms. The summed E-state index contributed by atoms with van der Waals surface area (Å²) in [5, 5.41) is 8.41. The molecule has 1 heteroatoms. The molecule has 0 aromatic rings. The maximum Gasteiger partial charge on any atom is 0.0471 e. The predicted molar refractivity (Wildman–Crippen MR) is 96.9 cm³/mol. The SMILES string of the molecule is C=C/C(=C\C)CCO.C=CC.CC.CC.CC.CC. The maximum atomic E-state index is 8.41. The first-order chi connectivity index (χ1) is 9.26. The molecule has 0 radical (unpaired) electrons. The van der Waals surface area contributed by atoms with Gasteiger partial charge in [0.25, 0.3) is 0 Å². The van der Waals surface area contributed by atoms with Crippen molar-refractivity contribution in [1.29, 1.82) is 0 Å². The molecule has 1 N–H and O–H groups in total. The fourth-order valence-corrected chi connectivity index (χ4v) is 0.493. The van der Waals surface area contributed by atoms with Crippen molar-refractivity contribution in [3.8, 4) is 0 Å². The van der Waals surface area contributed by atoms with Gasteiger partial charge in [0.2, 0.25) is 0 Å². The fourth-order valence-electron chi connectivity index (χ4n) is 0.493. The highest BCUT2D eigenvalue weighted by Crippen LogP contribution is 1.98. The Kier molecular flexibility index (Phi) is 166. The van der Waals surface area contributed by atoms with Crippen molar-refractivity contribution in [2.75, 3.05) is 6.61 Å². The van der Waals surface area contributed by atoms with E-state index >= 15 is 0 Å². The highest BCUT2D eigenvalue weighted by atomic mass is 16.2. The Morgan fingerprint density at radius 1 is 0.842 bits per heavy atom. The number of aliphatic hydroxyl groups is 1. The average Bonchev–Trinajstić information content (AvgIpc) is 2.53. The van der Waals surface area contributed by atoms with Crippen LogP contribution in [0.2, 0.25) is 0 Å². The van der Waals surface area contributed by atoms with Crippen molar-refractivity contribution in [3.63, 3.8) is 0 Å². The maximum absolute atomic E-state index is 8.41. The van der Waals surface area contributed by atoms with Crippen LogP contribution >= 0.6 is 0 Å². The van der Waals surface area contributed by atoms with Gasteiger partial charge in [-0.25, -0.2) is 0 Å². The molecular weight excluding hydrogens is 232 g/mol. The van der Waals surface area contributed by atoms with Crippen LogP contribution in [0.25, 0.3) is 0 Å². The lowest BCUT2D eigenvalue weighted by Gasteiger charge is -1.92. The van der Waals surface area contributed by atoms with Crippen LogP contribution in [-0.4, -0.2) is 11.7 Å². The molecule has 0 atom stereocenters. The third kappa shape index (κ3) is 104. The van der Waals surface area contributed by atoms with E-state index in [4.69, 9.17) is 5.11 Å². The number of hydrogen-bond donors (Lipinski definition) is 1. The Morgan fingerprint density at radius 3 is 1.16 bits per heavy atom. The van der Waals surface area contributed by atoms with Gasteiger partial charge >= 0.3 is 0 Å². The van der Waals surface area contributed by atoms with Gasteiger partial charge in [0.05, 0.1) is 0 Å². The summed E-state index contributed by atoms with van der Waals surface area (Å²) in [6.07, 6.45) is 6.18. The van der Waals surface area contributed by atoms with Gasteiger partial charge in [-0.15, -0.1) is 6.58 Å². The summed E-state index contributed by atoms with van der Waals surface area (Å²) >= 11 is 0. The van der Waals surface area contributed by atoms with Crippen molar-refractivity contribution < 1.29 is 5.11 Å². The highest BCUT2D eigenvalue weighted by Gasteiger charge is 1.84. The van der Waals surface area contributed by atoms with Crippen LogP contribution in [0.1, 0.15) is 75.7 Å². The third-order valence-corrected chi connectivity index (χ3v) is 1.03.